The van der Waals surface area contributed by atoms with Crippen molar-refractivity contribution in [3.8, 4) is 5.82 Å². The molecule has 0 saturated heterocycles. The number of nitrogens with zero attached hydrogens (tertiary/aromatic N) is 2. The standard InChI is InChI=1S/C10H7BrN2O/c11-8-4-3-5-9(12-8)13-7-2-1-6-10(13)14/h1-7H. The van der Waals surface area contributed by atoms with Gasteiger partial charge in [-0.25, -0.2) is 4.98 Å². The van der Waals surface area contributed by atoms with Gasteiger partial charge < -0.3 is 0 Å². The molecular weight excluding hydrogens is 244 g/mol. The van der Waals surface area contributed by atoms with Crippen molar-refractivity contribution in [1.82, 2.24) is 9.55 Å². The van der Waals surface area contributed by atoms with Crippen molar-refractivity contribution in [1.29, 1.82) is 0 Å². The number of hydrogen-bond donors (Lipinski definition) is 0. The summed E-state index contributed by atoms with van der Waals surface area (Å²) in [6.07, 6.45) is 1.69. The third-order valence-corrected chi connectivity index (χ3v) is 2.21. The average molecular weight is 251 g/mol. The summed E-state index contributed by atoms with van der Waals surface area (Å²) in [6, 6.07) is 10.4. The quantitative estimate of drug-likeness (QED) is 0.726. The van der Waals surface area contributed by atoms with Crippen LogP contribution in [0.25, 0.3) is 5.82 Å². The van der Waals surface area contributed by atoms with Crippen LogP contribution in [0.1, 0.15) is 0 Å². The normalized spacial score (nSPS) is 10.1. The first kappa shape index (κ1) is 9.15. The number of halogens is 1. The fourth-order valence-corrected chi connectivity index (χ4v) is 1.48. The number of aromatic nitrogens is 2. The smallest absolute Gasteiger partial charge is 0.256 e. The molecule has 2 heterocycles. The van der Waals surface area contributed by atoms with Crippen molar-refractivity contribution in [3.63, 3.8) is 0 Å². The topological polar surface area (TPSA) is 34.9 Å². The summed E-state index contributed by atoms with van der Waals surface area (Å²) in [5.74, 6) is 0.616. The summed E-state index contributed by atoms with van der Waals surface area (Å²) in [4.78, 5) is 15.6. The van der Waals surface area contributed by atoms with Crippen LogP contribution in [-0.4, -0.2) is 9.55 Å². The van der Waals surface area contributed by atoms with Crippen LogP contribution in [0.15, 0.2) is 52.0 Å². The maximum Gasteiger partial charge on any atom is 0.256 e. The Labute approximate surface area is 89.2 Å². The van der Waals surface area contributed by atoms with Crippen LogP contribution < -0.4 is 5.56 Å². The Morgan fingerprint density at radius 3 is 2.71 bits per heavy atom. The molecule has 2 aromatic heterocycles. The van der Waals surface area contributed by atoms with E-state index in [0.29, 0.717) is 10.4 Å². The lowest BCUT2D eigenvalue weighted by Crippen LogP contribution is -2.16. The molecule has 0 bridgehead atoms. The zero-order valence-electron chi connectivity index (χ0n) is 7.22. The highest BCUT2D eigenvalue weighted by molar-refractivity contribution is 9.10. The van der Waals surface area contributed by atoms with Crippen LogP contribution in [0.2, 0.25) is 0 Å². The summed E-state index contributed by atoms with van der Waals surface area (Å²) >= 11 is 3.26. The van der Waals surface area contributed by atoms with Crippen LogP contribution >= 0.6 is 15.9 Å². The van der Waals surface area contributed by atoms with Gasteiger partial charge in [0.05, 0.1) is 0 Å². The van der Waals surface area contributed by atoms with Gasteiger partial charge in [0.15, 0.2) is 0 Å². The van der Waals surface area contributed by atoms with E-state index in [9.17, 15) is 4.79 Å². The summed E-state index contributed by atoms with van der Waals surface area (Å²) < 4.78 is 2.20. The predicted octanol–water partition coefficient (Wildman–Crippen LogP) is 1.99. The van der Waals surface area contributed by atoms with Crippen LogP contribution in [0, 0.1) is 0 Å². The molecule has 0 fully saturated rings. The molecule has 0 aliphatic heterocycles. The molecule has 0 amide bonds. The Morgan fingerprint density at radius 1 is 1.14 bits per heavy atom. The van der Waals surface area contributed by atoms with E-state index in [0.717, 1.165) is 0 Å². The Kier molecular flexibility index (Phi) is 2.45. The molecule has 0 aliphatic carbocycles. The molecule has 0 unspecified atom stereocenters. The van der Waals surface area contributed by atoms with Gasteiger partial charge in [-0.1, -0.05) is 12.1 Å². The molecule has 2 rings (SSSR count). The molecule has 14 heavy (non-hydrogen) atoms. The fraction of sp³-hybridized carbons (Fsp3) is 0. The largest absolute Gasteiger partial charge is 0.269 e. The Bertz CT molecular complexity index is 507. The lowest BCUT2D eigenvalue weighted by atomic mass is 10.4. The third-order valence-electron chi connectivity index (χ3n) is 1.77. The van der Waals surface area contributed by atoms with Crippen molar-refractivity contribution < 1.29 is 0 Å². The van der Waals surface area contributed by atoms with E-state index in [1.54, 1.807) is 24.4 Å². The molecule has 4 heteroatoms. The van der Waals surface area contributed by atoms with Gasteiger partial charge >= 0.3 is 0 Å². The van der Waals surface area contributed by atoms with Gasteiger partial charge in [0.1, 0.15) is 10.4 Å². The van der Waals surface area contributed by atoms with E-state index in [1.165, 1.54) is 10.6 Å². The lowest BCUT2D eigenvalue weighted by molar-refractivity contribution is 0.935. The Morgan fingerprint density at radius 2 is 2.00 bits per heavy atom. The number of hydrogen-bond acceptors (Lipinski definition) is 2. The van der Waals surface area contributed by atoms with Crippen molar-refractivity contribution in [2.24, 2.45) is 0 Å². The second kappa shape index (κ2) is 3.75. The minimum Gasteiger partial charge on any atom is -0.269 e. The minimum absolute atomic E-state index is 0.0851. The van der Waals surface area contributed by atoms with Gasteiger partial charge in [-0.05, 0) is 34.1 Å². The summed E-state index contributed by atoms with van der Waals surface area (Å²) in [7, 11) is 0. The first-order valence-corrected chi connectivity index (χ1v) is 4.87. The van der Waals surface area contributed by atoms with Gasteiger partial charge in [-0.2, -0.15) is 0 Å². The molecular formula is C10H7BrN2O. The van der Waals surface area contributed by atoms with E-state index < -0.39 is 0 Å². The molecule has 0 radical (unpaired) electrons. The third kappa shape index (κ3) is 1.75. The van der Waals surface area contributed by atoms with Gasteiger partial charge in [0.25, 0.3) is 5.56 Å². The zero-order valence-corrected chi connectivity index (χ0v) is 8.81. The maximum absolute atomic E-state index is 11.4. The van der Waals surface area contributed by atoms with E-state index >= 15 is 0 Å². The highest BCUT2D eigenvalue weighted by atomic mass is 79.9. The second-order valence-electron chi connectivity index (χ2n) is 2.73. The Balaban J connectivity index is 2.61. The number of pyridine rings is 2. The highest BCUT2D eigenvalue weighted by Crippen LogP contribution is 2.08. The molecule has 70 valence electrons. The molecule has 0 N–H and O–H groups in total. The van der Waals surface area contributed by atoms with Crippen LogP contribution in [0.3, 0.4) is 0 Å². The highest BCUT2D eigenvalue weighted by Gasteiger charge is 1.98. The van der Waals surface area contributed by atoms with E-state index in [1.807, 2.05) is 12.1 Å². The van der Waals surface area contributed by atoms with Crippen LogP contribution in [0.4, 0.5) is 0 Å². The fourth-order valence-electron chi connectivity index (χ4n) is 1.15. The maximum atomic E-state index is 11.4. The summed E-state index contributed by atoms with van der Waals surface area (Å²) in [5.41, 5.74) is -0.0851. The SMILES string of the molecule is O=c1ccccn1-c1cccc(Br)n1. The van der Waals surface area contributed by atoms with Gasteiger partial charge in [0, 0.05) is 12.3 Å². The van der Waals surface area contributed by atoms with Crippen molar-refractivity contribution in [2.45, 2.75) is 0 Å². The lowest BCUT2D eigenvalue weighted by Gasteiger charge is -2.03. The first-order valence-electron chi connectivity index (χ1n) is 4.08. The molecule has 0 aromatic carbocycles. The van der Waals surface area contributed by atoms with E-state index in [4.69, 9.17) is 0 Å². The minimum atomic E-state index is -0.0851. The molecule has 0 saturated carbocycles. The van der Waals surface area contributed by atoms with Crippen molar-refractivity contribution in [3.05, 3.63) is 57.6 Å². The van der Waals surface area contributed by atoms with Gasteiger partial charge in [-0.15, -0.1) is 0 Å². The molecule has 0 aliphatic rings. The Hall–Kier alpha value is -1.42. The molecule has 0 atom stereocenters. The second-order valence-corrected chi connectivity index (χ2v) is 3.54. The van der Waals surface area contributed by atoms with Crippen molar-refractivity contribution in [2.75, 3.05) is 0 Å². The number of rotatable bonds is 1. The van der Waals surface area contributed by atoms with E-state index in [-0.39, 0.29) is 5.56 Å². The molecule has 3 nitrogen and oxygen atoms in total. The van der Waals surface area contributed by atoms with Gasteiger partial charge in [0.2, 0.25) is 0 Å². The average Bonchev–Trinajstić information content (AvgIpc) is 2.18. The van der Waals surface area contributed by atoms with Gasteiger partial charge in [-0.3, -0.25) is 9.36 Å². The first-order chi connectivity index (χ1) is 6.77. The molecule has 2 aromatic rings. The summed E-state index contributed by atoms with van der Waals surface area (Å²) in [5, 5.41) is 0. The predicted molar refractivity (Wildman–Crippen MR) is 57.5 cm³/mol. The zero-order chi connectivity index (χ0) is 9.97. The monoisotopic (exact) mass is 250 g/mol. The van der Waals surface area contributed by atoms with Crippen molar-refractivity contribution >= 4 is 15.9 Å². The summed E-state index contributed by atoms with van der Waals surface area (Å²) in [6.45, 7) is 0. The molecule has 0 spiro atoms. The van der Waals surface area contributed by atoms with Crippen LogP contribution in [-0.2, 0) is 0 Å². The van der Waals surface area contributed by atoms with E-state index in [2.05, 4.69) is 20.9 Å². The van der Waals surface area contributed by atoms with Crippen LogP contribution in [0.5, 0.6) is 0 Å².